The minimum absolute atomic E-state index is 0.0338. The molecule has 1 heterocycles. The molecular weight excluding hydrogens is 387 g/mol. The zero-order valence-corrected chi connectivity index (χ0v) is 16.0. The van der Waals surface area contributed by atoms with Crippen molar-refractivity contribution < 1.29 is 27.8 Å². The average molecular weight is 410 g/mol. The number of amides is 1. The first-order valence-electron chi connectivity index (χ1n) is 8.41. The molecule has 2 rings (SSSR count). The lowest BCUT2D eigenvalue weighted by atomic mass is 10.0. The van der Waals surface area contributed by atoms with Crippen molar-refractivity contribution in [1.29, 1.82) is 0 Å². The van der Waals surface area contributed by atoms with E-state index in [1.807, 2.05) is 0 Å². The standard InChI is InChI=1S/C17H23ClF3N3O3/c1-16(2,26)12(19)8-23-15(25)10-7-22-14(18)5-11(10)24-9-4-13(27-3)17(20,21)6-9/h5,7,9,12-13,26H,4,6,8H2,1-3H3,(H,22,24)(H,23,25). The van der Waals surface area contributed by atoms with Crippen molar-refractivity contribution in [3.63, 3.8) is 0 Å². The normalized spacial score (nSPS) is 23.1. The molecule has 3 unspecified atom stereocenters. The highest BCUT2D eigenvalue weighted by Gasteiger charge is 2.49. The van der Waals surface area contributed by atoms with Crippen LogP contribution in [0.1, 0.15) is 37.0 Å². The van der Waals surface area contributed by atoms with Gasteiger partial charge in [0.25, 0.3) is 11.8 Å². The minimum Gasteiger partial charge on any atom is -0.387 e. The quantitative estimate of drug-likeness (QED) is 0.603. The molecule has 0 radical (unpaired) electrons. The highest BCUT2D eigenvalue weighted by molar-refractivity contribution is 6.29. The van der Waals surface area contributed by atoms with E-state index >= 15 is 0 Å². The van der Waals surface area contributed by atoms with Gasteiger partial charge < -0.3 is 20.5 Å². The maximum Gasteiger partial charge on any atom is 0.275 e. The molecule has 152 valence electrons. The van der Waals surface area contributed by atoms with Crippen LogP contribution in [0.3, 0.4) is 0 Å². The summed E-state index contributed by atoms with van der Waals surface area (Å²) in [5, 5.41) is 14.9. The molecular formula is C17H23ClF3N3O3. The first kappa shape index (κ1) is 21.7. The molecule has 0 aromatic carbocycles. The van der Waals surface area contributed by atoms with E-state index in [9.17, 15) is 23.1 Å². The number of nitrogens with one attached hydrogen (secondary N) is 2. The number of carbonyl (C=O) groups excluding carboxylic acids is 1. The van der Waals surface area contributed by atoms with E-state index in [4.69, 9.17) is 16.3 Å². The largest absolute Gasteiger partial charge is 0.387 e. The summed E-state index contributed by atoms with van der Waals surface area (Å²) in [6.45, 7) is 2.15. The van der Waals surface area contributed by atoms with Gasteiger partial charge in [0.05, 0.1) is 23.4 Å². The van der Waals surface area contributed by atoms with Gasteiger partial charge in [-0.05, 0) is 26.3 Å². The van der Waals surface area contributed by atoms with Gasteiger partial charge >= 0.3 is 0 Å². The van der Waals surface area contributed by atoms with E-state index < -0.39 is 48.7 Å². The Balaban J connectivity index is 2.12. The Labute approximate surface area is 160 Å². The molecule has 1 aliphatic rings. The van der Waals surface area contributed by atoms with Crippen molar-refractivity contribution >= 4 is 23.2 Å². The average Bonchev–Trinajstić information content (AvgIpc) is 2.84. The second-order valence-corrected chi connectivity index (χ2v) is 7.54. The topological polar surface area (TPSA) is 83.5 Å². The van der Waals surface area contributed by atoms with Gasteiger partial charge in [-0.15, -0.1) is 0 Å². The van der Waals surface area contributed by atoms with E-state index in [-0.39, 0.29) is 22.8 Å². The summed E-state index contributed by atoms with van der Waals surface area (Å²) in [4.78, 5) is 16.2. The third-order valence-corrected chi connectivity index (χ3v) is 4.66. The summed E-state index contributed by atoms with van der Waals surface area (Å²) in [5.41, 5.74) is -1.37. The molecule has 1 aromatic rings. The van der Waals surface area contributed by atoms with Crippen molar-refractivity contribution in [2.24, 2.45) is 0 Å². The molecule has 0 spiro atoms. The third kappa shape index (κ3) is 5.46. The number of nitrogens with zero attached hydrogens (tertiary/aromatic N) is 1. The molecule has 1 aromatic heterocycles. The zero-order chi connectivity index (χ0) is 20.4. The number of aliphatic hydroxyl groups is 1. The summed E-state index contributed by atoms with van der Waals surface area (Å²) in [5.74, 6) is -3.65. The van der Waals surface area contributed by atoms with Gasteiger partial charge in [0, 0.05) is 25.8 Å². The Morgan fingerprint density at radius 3 is 2.78 bits per heavy atom. The minimum atomic E-state index is -2.99. The second kappa shape index (κ2) is 8.20. The predicted molar refractivity (Wildman–Crippen MR) is 95.2 cm³/mol. The fraction of sp³-hybridized carbons (Fsp3) is 0.647. The van der Waals surface area contributed by atoms with Crippen LogP contribution in [0.2, 0.25) is 5.15 Å². The fourth-order valence-electron chi connectivity index (χ4n) is 2.83. The van der Waals surface area contributed by atoms with Gasteiger partial charge in [0.2, 0.25) is 0 Å². The van der Waals surface area contributed by atoms with Gasteiger partial charge in [-0.25, -0.2) is 18.2 Å². The summed E-state index contributed by atoms with van der Waals surface area (Å²) in [7, 11) is 1.22. The van der Waals surface area contributed by atoms with Crippen molar-refractivity contribution in [1.82, 2.24) is 10.3 Å². The molecule has 3 atom stereocenters. The van der Waals surface area contributed by atoms with Gasteiger partial charge in [0.1, 0.15) is 17.4 Å². The number of anilines is 1. The molecule has 10 heteroatoms. The molecule has 0 saturated heterocycles. The van der Waals surface area contributed by atoms with Crippen LogP contribution in [0.15, 0.2) is 12.3 Å². The number of methoxy groups -OCH3 is 1. The Morgan fingerprint density at radius 2 is 2.22 bits per heavy atom. The van der Waals surface area contributed by atoms with Crippen LogP contribution in [0.5, 0.6) is 0 Å². The number of carbonyl (C=O) groups is 1. The molecule has 1 fully saturated rings. The highest BCUT2D eigenvalue weighted by atomic mass is 35.5. The molecule has 1 saturated carbocycles. The second-order valence-electron chi connectivity index (χ2n) is 7.15. The number of rotatable bonds is 7. The summed E-state index contributed by atoms with van der Waals surface area (Å²) in [6, 6.07) is 0.706. The Kier molecular flexibility index (Phi) is 6.59. The van der Waals surface area contributed by atoms with Gasteiger partial charge in [0.15, 0.2) is 0 Å². The maximum atomic E-state index is 13.9. The van der Waals surface area contributed by atoms with Crippen molar-refractivity contribution in [2.75, 3.05) is 19.0 Å². The van der Waals surface area contributed by atoms with E-state index in [0.29, 0.717) is 0 Å². The first-order valence-corrected chi connectivity index (χ1v) is 8.79. The van der Waals surface area contributed by atoms with E-state index in [0.717, 1.165) is 0 Å². The fourth-order valence-corrected chi connectivity index (χ4v) is 2.99. The van der Waals surface area contributed by atoms with Crippen molar-refractivity contribution in [2.45, 2.75) is 56.5 Å². The number of halogens is 4. The zero-order valence-electron chi connectivity index (χ0n) is 15.2. The van der Waals surface area contributed by atoms with Gasteiger partial charge in [-0.1, -0.05) is 11.6 Å². The summed E-state index contributed by atoms with van der Waals surface area (Å²) < 4.78 is 46.4. The smallest absolute Gasteiger partial charge is 0.275 e. The molecule has 3 N–H and O–H groups in total. The van der Waals surface area contributed by atoms with Crippen molar-refractivity contribution in [3.05, 3.63) is 23.0 Å². The SMILES string of the molecule is COC1CC(Nc2cc(Cl)ncc2C(=O)NCC(F)C(C)(C)O)CC1(F)F. The van der Waals surface area contributed by atoms with E-state index in [2.05, 4.69) is 15.6 Å². The monoisotopic (exact) mass is 409 g/mol. The van der Waals surface area contributed by atoms with Crippen LogP contribution in [0.4, 0.5) is 18.9 Å². The number of ether oxygens (including phenoxy) is 1. The summed E-state index contributed by atoms with van der Waals surface area (Å²) >= 11 is 5.86. The van der Waals surface area contributed by atoms with E-state index in [1.54, 1.807) is 0 Å². The van der Waals surface area contributed by atoms with E-state index in [1.165, 1.54) is 33.2 Å². The van der Waals surface area contributed by atoms with Crippen LogP contribution in [-0.2, 0) is 4.74 Å². The highest BCUT2D eigenvalue weighted by Crippen LogP contribution is 2.38. The molecule has 1 amide bonds. The lowest BCUT2D eigenvalue weighted by molar-refractivity contribution is -0.102. The molecule has 6 nitrogen and oxygen atoms in total. The maximum absolute atomic E-state index is 13.9. The third-order valence-electron chi connectivity index (χ3n) is 4.46. The van der Waals surface area contributed by atoms with Crippen LogP contribution in [0, 0.1) is 0 Å². The van der Waals surface area contributed by atoms with Crippen LogP contribution in [-0.4, -0.2) is 59.5 Å². The van der Waals surface area contributed by atoms with Gasteiger partial charge in [-0.3, -0.25) is 4.79 Å². The Morgan fingerprint density at radius 1 is 1.56 bits per heavy atom. The van der Waals surface area contributed by atoms with Crippen LogP contribution < -0.4 is 10.6 Å². The number of alkyl halides is 3. The number of aromatic nitrogens is 1. The number of hydrogen-bond donors (Lipinski definition) is 3. The predicted octanol–water partition coefficient (Wildman–Crippen LogP) is 2.80. The Hall–Kier alpha value is -1.58. The van der Waals surface area contributed by atoms with Crippen LogP contribution >= 0.6 is 11.6 Å². The lowest BCUT2D eigenvalue weighted by Crippen LogP contribution is -2.42. The molecule has 0 bridgehead atoms. The van der Waals surface area contributed by atoms with Crippen molar-refractivity contribution in [3.8, 4) is 0 Å². The first-order chi connectivity index (χ1) is 12.4. The molecule has 27 heavy (non-hydrogen) atoms. The van der Waals surface area contributed by atoms with Crippen LogP contribution in [0.25, 0.3) is 0 Å². The number of pyridine rings is 1. The summed E-state index contributed by atoms with van der Waals surface area (Å²) in [6.07, 6.45) is -2.14. The molecule has 1 aliphatic carbocycles. The Bertz CT molecular complexity index is 685. The number of hydrogen-bond acceptors (Lipinski definition) is 5. The van der Waals surface area contributed by atoms with Gasteiger partial charge in [-0.2, -0.15) is 0 Å². The molecule has 0 aliphatic heterocycles. The lowest BCUT2D eigenvalue weighted by Gasteiger charge is -2.23.